The molecule has 3 aromatic carbocycles. The number of sulfonamides is 1. The molecule has 0 heterocycles. The lowest BCUT2D eigenvalue weighted by molar-refractivity contribution is -0.119. The van der Waals surface area contributed by atoms with Gasteiger partial charge in [0.25, 0.3) is 15.9 Å². The van der Waals surface area contributed by atoms with E-state index < -0.39 is 22.5 Å². The summed E-state index contributed by atoms with van der Waals surface area (Å²) < 4.78 is 28.4. The summed E-state index contributed by atoms with van der Waals surface area (Å²) in [5.74, 6) is -0.616. The molecule has 1 amide bonds. The molecule has 3 aromatic rings. The summed E-state index contributed by atoms with van der Waals surface area (Å²) >= 11 is 9.76. The Morgan fingerprint density at radius 3 is 2.33 bits per heavy atom. The molecule has 0 bridgehead atoms. The normalized spacial score (nSPS) is 11.4. The van der Waals surface area contributed by atoms with E-state index in [0.717, 1.165) is 20.0 Å². The van der Waals surface area contributed by atoms with Gasteiger partial charge in [0.15, 0.2) is 0 Å². The Bertz CT molecular complexity index is 1270. The van der Waals surface area contributed by atoms with Gasteiger partial charge in [0.2, 0.25) is 0 Å². The first-order valence-corrected chi connectivity index (χ1v) is 12.4. The summed E-state index contributed by atoms with van der Waals surface area (Å²) in [6, 6.07) is 19.9. The monoisotopic (exact) mass is 548 g/mol. The molecule has 10 heteroatoms. The molecule has 172 valence electrons. The predicted molar refractivity (Wildman–Crippen MR) is 137 cm³/mol. The largest absolute Gasteiger partial charge is 0.377 e. The van der Waals surface area contributed by atoms with Gasteiger partial charge in [-0.1, -0.05) is 48.0 Å². The SMILES string of the molecule is CN(C)c1ccc(/C=N\NC(=O)CN(c2ccccc2Cl)S(=O)(=O)c2ccccc2)cc1Br. The highest BCUT2D eigenvalue weighted by molar-refractivity contribution is 9.10. The van der Waals surface area contributed by atoms with Crippen molar-refractivity contribution in [3.05, 3.63) is 87.9 Å². The van der Waals surface area contributed by atoms with Crippen molar-refractivity contribution >= 4 is 61.1 Å². The number of hydrogen-bond donors (Lipinski definition) is 1. The number of hydrazone groups is 1. The molecular weight excluding hydrogens is 528 g/mol. The van der Waals surface area contributed by atoms with E-state index in [1.807, 2.05) is 37.2 Å². The summed E-state index contributed by atoms with van der Waals surface area (Å²) in [7, 11) is -0.176. The van der Waals surface area contributed by atoms with E-state index in [4.69, 9.17) is 11.6 Å². The lowest BCUT2D eigenvalue weighted by Gasteiger charge is -2.24. The van der Waals surface area contributed by atoms with Gasteiger partial charge in [-0.3, -0.25) is 9.10 Å². The molecule has 3 rings (SSSR count). The van der Waals surface area contributed by atoms with Crippen LogP contribution in [0.5, 0.6) is 0 Å². The second kappa shape index (κ2) is 10.8. The number of amides is 1. The molecule has 0 saturated heterocycles. The Balaban J connectivity index is 1.81. The van der Waals surface area contributed by atoms with Crippen LogP contribution in [0.15, 0.2) is 87.3 Å². The Hall–Kier alpha value is -2.88. The van der Waals surface area contributed by atoms with Crippen LogP contribution >= 0.6 is 27.5 Å². The molecule has 0 radical (unpaired) electrons. The third-order valence-corrected chi connectivity index (χ3v) is 7.32. The van der Waals surface area contributed by atoms with Crippen molar-refractivity contribution in [2.45, 2.75) is 4.90 Å². The van der Waals surface area contributed by atoms with Gasteiger partial charge in [-0.25, -0.2) is 13.8 Å². The fourth-order valence-corrected chi connectivity index (χ4v) is 5.48. The highest BCUT2D eigenvalue weighted by Gasteiger charge is 2.28. The van der Waals surface area contributed by atoms with Gasteiger partial charge in [-0.05, 0) is 57.9 Å². The number of halogens is 2. The summed E-state index contributed by atoms with van der Waals surface area (Å²) in [5, 5.41) is 4.18. The Morgan fingerprint density at radius 1 is 1.03 bits per heavy atom. The van der Waals surface area contributed by atoms with Crippen LogP contribution in [0.2, 0.25) is 5.02 Å². The number of benzene rings is 3. The maximum absolute atomic E-state index is 13.3. The lowest BCUT2D eigenvalue weighted by Crippen LogP contribution is -2.39. The van der Waals surface area contributed by atoms with E-state index in [0.29, 0.717) is 0 Å². The first-order chi connectivity index (χ1) is 15.7. The van der Waals surface area contributed by atoms with Crippen LogP contribution in [0.1, 0.15) is 5.56 Å². The van der Waals surface area contributed by atoms with Crippen molar-refractivity contribution in [2.24, 2.45) is 5.10 Å². The molecule has 0 aliphatic heterocycles. The number of rotatable bonds is 8. The number of anilines is 2. The number of para-hydroxylation sites is 1. The Labute approximate surface area is 206 Å². The van der Waals surface area contributed by atoms with Crippen molar-refractivity contribution in [1.29, 1.82) is 0 Å². The Kier molecular flexibility index (Phi) is 8.12. The molecule has 0 atom stereocenters. The van der Waals surface area contributed by atoms with E-state index in [1.165, 1.54) is 18.3 Å². The van der Waals surface area contributed by atoms with Crippen LogP contribution < -0.4 is 14.6 Å². The molecule has 0 fully saturated rings. The number of carbonyl (C=O) groups is 1. The van der Waals surface area contributed by atoms with E-state index in [1.54, 1.807) is 42.5 Å². The molecule has 33 heavy (non-hydrogen) atoms. The molecule has 0 aromatic heterocycles. The highest BCUT2D eigenvalue weighted by atomic mass is 79.9. The minimum absolute atomic E-state index is 0.0482. The quantitative estimate of drug-likeness (QED) is 0.331. The van der Waals surface area contributed by atoms with Gasteiger partial charge in [0.1, 0.15) is 6.54 Å². The minimum Gasteiger partial charge on any atom is -0.377 e. The molecule has 0 unspecified atom stereocenters. The van der Waals surface area contributed by atoms with Crippen LogP contribution in [0.3, 0.4) is 0 Å². The van der Waals surface area contributed by atoms with Crippen molar-refractivity contribution in [2.75, 3.05) is 29.8 Å². The van der Waals surface area contributed by atoms with Crippen molar-refractivity contribution in [1.82, 2.24) is 5.43 Å². The zero-order chi connectivity index (χ0) is 24.0. The molecule has 1 N–H and O–H groups in total. The van der Waals surface area contributed by atoms with E-state index in [2.05, 4.69) is 26.5 Å². The molecule has 7 nitrogen and oxygen atoms in total. The van der Waals surface area contributed by atoms with Crippen LogP contribution in [0, 0.1) is 0 Å². The second-order valence-electron chi connectivity index (χ2n) is 7.17. The average Bonchev–Trinajstić information content (AvgIpc) is 2.78. The van der Waals surface area contributed by atoms with Gasteiger partial charge in [-0.15, -0.1) is 0 Å². The number of nitrogens with one attached hydrogen (secondary N) is 1. The van der Waals surface area contributed by atoms with Crippen LogP contribution in [-0.2, 0) is 14.8 Å². The zero-order valence-corrected chi connectivity index (χ0v) is 21.1. The van der Waals surface area contributed by atoms with Crippen LogP contribution in [-0.4, -0.2) is 41.2 Å². The van der Waals surface area contributed by atoms with E-state index in [9.17, 15) is 13.2 Å². The number of carbonyl (C=O) groups excluding carboxylic acids is 1. The molecular formula is C23H22BrClN4O3S. The number of hydrogen-bond acceptors (Lipinski definition) is 5. The van der Waals surface area contributed by atoms with Gasteiger partial charge in [0.05, 0.1) is 27.5 Å². The minimum atomic E-state index is -4.04. The average molecular weight is 550 g/mol. The lowest BCUT2D eigenvalue weighted by atomic mass is 10.2. The van der Waals surface area contributed by atoms with E-state index in [-0.39, 0.29) is 15.6 Å². The van der Waals surface area contributed by atoms with Gasteiger partial charge in [-0.2, -0.15) is 5.10 Å². The summed E-state index contributed by atoms with van der Waals surface area (Å²) in [5.41, 5.74) is 4.34. The zero-order valence-electron chi connectivity index (χ0n) is 17.9. The van der Waals surface area contributed by atoms with Gasteiger partial charge in [0, 0.05) is 18.6 Å². The Morgan fingerprint density at radius 2 is 1.70 bits per heavy atom. The van der Waals surface area contributed by atoms with Crippen molar-refractivity contribution < 1.29 is 13.2 Å². The van der Waals surface area contributed by atoms with Crippen LogP contribution in [0.25, 0.3) is 0 Å². The van der Waals surface area contributed by atoms with Gasteiger partial charge >= 0.3 is 0 Å². The van der Waals surface area contributed by atoms with Crippen molar-refractivity contribution in [3.8, 4) is 0 Å². The molecule has 0 spiro atoms. The standard InChI is InChI=1S/C23H22BrClN4O3S/c1-28(2)21-13-12-17(14-19(21)24)15-26-27-23(30)16-29(22-11-7-6-10-20(22)25)33(31,32)18-8-4-3-5-9-18/h3-15H,16H2,1-2H3,(H,27,30)/b26-15-. The number of nitrogens with zero attached hydrogens (tertiary/aromatic N) is 3. The maximum atomic E-state index is 13.3. The molecule has 0 aliphatic carbocycles. The smallest absolute Gasteiger partial charge is 0.264 e. The molecule has 0 saturated carbocycles. The third-order valence-electron chi connectivity index (χ3n) is 4.60. The topological polar surface area (TPSA) is 82.1 Å². The molecule has 0 aliphatic rings. The fourth-order valence-electron chi connectivity index (χ4n) is 2.98. The first-order valence-electron chi connectivity index (χ1n) is 9.81. The third kappa shape index (κ3) is 6.13. The second-order valence-corrected chi connectivity index (χ2v) is 10.3. The predicted octanol–water partition coefficient (Wildman–Crippen LogP) is 4.51. The van der Waals surface area contributed by atoms with E-state index >= 15 is 0 Å². The summed E-state index contributed by atoms with van der Waals surface area (Å²) in [6.45, 7) is -0.498. The maximum Gasteiger partial charge on any atom is 0.264 e. The fraction of sp³-hybridized carbons (Fsp3) is 0.130. The summed E-state index contributed by atoms with van der Waals surface area (Å²) in [4.78, 5) is 14.6. The first kappa shape index (κ1) is 24.8. The highest BCUT2D eigenvalue weighted by Crippen LogP contribution is 2.30. The van der Waals surface area contributed by atoms with Crippen LogP contribution in [0.4, 0.5) is 11.4 Å². The van der Waals surface area contributed by atoms with Gasteiger partial charge < -0.3 is 4.90 Å². The summed E-state index contributed by atoms with van der Waals surface area (Å²) in [6.07, 6.45) is 1.48. The van der Waals surface area contributed by atoms with Crippen molar-refractivity contribution in [3.63, 3.8) is 0 Å².